The Balaban J connectivity index is 1.85. The Hall–Kier alpha value is -2.57. The largest absolute Gasteiger partial charge is 0.354 e. The van der Waals surface area contributed by atoms with Crippen molar-refractivity contribution in [2.24, 2.45) is 0 Å². The van der Waals surface area contributed by atoms with Crippen LogP contribution in [0, 0.1) is 10.1 Å². The van der Waals surface area contributed by atoms with Gasteiger partial charge in [0.05, 0.1) is 4.92 Å². The van der Waals surface area contributed by atoms with Gasteiger partial charge in [0.25, 0.3) is 0 Å². The second-order valence-corrected chi connectivity index (χ2v) is 3.56. The molecule has 0 aliphatic heterocycles. The van der Waals surface area contributed by atoms with E-state index in [-0.39, 0.29) is 5.69 Å². The molecule has 0 saturated carbocycles. The van der Waals surface area contributed by atoms with Gasteiger partial charge in [-0.2, -0.15) is 0 Å². The maximum absolute atomic E-state index is 10.4. The van der Waals surface area contributed by atoms with Gasteiger partial charge in [0.2, 0.25) is 5.95 Å². The SMILES string of the molecule is O=[N+]([O-])c1cnc(NCCc2cccnc2)nc1. The molecule has 0 saturated heterocycles. The molecule has 0 amide bonds. The summed E-state index contributed by atoms with van der Waals surface area (Å²) in [6.45, 7) is 0.642. The van der Waals surface area contributed by atoms with Gasteiger partial charge in [0.1, 0.15) is 12.4 Å². The number of pyridine rings is 1. The number of nitrogens with zero attached hydrogens (tertiary/aromatic N) is 4. The van der Waals surface area contributed by atoms with Gasteiger partial charge in [-0.1, -0.05) is 6.07 Å². The average Bonchev–Trinajstić information content (AvgIpc) is 2.40. The molecule has 0 aliphatic carbocycles. The molecule has 0 atom stereocenters. The lowest BCUT2D eigenvalue weighted by Gasteiger charge is -2.03. The molecule has 0 unspecified atom stereocenters. The summed E-state index contributed by atoms with van der Waals surface area (Å²) in [4.78, 5) is 21.6. The lowest BCUT2D eigenvalue weighted by molar-refractivity contribution is -0.385. The predicted molar refractivity (Wildman–Crippen MR) is 65.1 cm³/mol. The van der Waals surface area contributed by atoms with Crippen LogP contribution in [-0.4, -0.2) is 26.4 Å². The Morgan fingerprint density at radius 3 is 2.67 bits per heavy atom. The minimum atomic E-state index is -0.528. The highest BCUT2D eigenvalue weighted by Crippen LogP contribution is 2.08. The van der Waals surface area contributed by atoms with Crippen molar-refractivity contribution < 1.29 is 4.92 Å². The number of rotatable bonds is 5. The molecule has 0 aromatic carbocycles. The van der Waals surface area contributed by atoms with E-state index in [0.717, 1.165) is 12.0 Å². The second kappa shape index (κ2) is 5.67. The molecule has 2 heterocycles. The fraction of sp³-hybridized carbons (Fsp3) is 0.182. The molecule has 1 N–H and O–H groups in total. The van der Waals surface area contributed by atoms with Crippen LogP contribution in [0.4, 0.5) is 11.6 Å². The summed E-state index contributed by atoms with van der Waals surface area (Å²) in [5, 5.41) is 13.4. The summed E-state index contributed by atoms with van der Waals surface area (Å²) in [5.74, 6) is 0.379. The van der Waals surface area contributed by atoms with Crippen LogP contribution < -0.4 is 5.32 Å². The van der Waals surface area contributed by atoms with Gasteiger partial charge in [-0.05, 0) is 18.1 Å². The third-order valence-electron chi connectivity index (χ3n) is 2.27. The molecule has 92 valence electrons. The van der Waals surface area contributed by atoms with E-state index in [1.165, 1.54) is 12.4 Å². The number of nitro groups is 1. The Labute approximate surface area is 103 Å². The maximum atomic E-state index is 10.4. The van der Waals surface area contributed by atoms with Crippen molar-refractivity contribution in [3.8, 4) is 0 Å². The second-order valence-electron chi connectivity index (χ2n) is 3.56. The van der Waals surface area contributed by atoms with Crippen LogP contribution in [0.25, 0.3) is 0 Å². The van der Waals surface area contributed by atoms with Crippen molar-refractivity contribution in [1.29, 1.82) is 0 Å². The van der Waals surface area contributed by atoms with Crippen LogP contribution in [0.1, 0.15) is 5.56 Å². The van der Waals surface area contributed by atoms with Gasteiger partial charge >= 0.3 is 5.69 Å². The van der Waals surface area contributed by atoms with Crippen molar-refractivity contribution in [2.75, 3.05) is 11.9 Å². The molecule has 0 bridgehead atoms. The summed E-state index contributed by atoms with van der Waals surface area (Å²) in [7, 11) is 0. The first-order valence-corrected chi connectivity index (χ1v) is 5.35. The van der Waals surface area contributed by atoms with E-state index >= 15 is 0 Å². The van der Waals surface area contributed by atoms with Gasteiger partial charge in [-0.3, -0.25) is 15.1 Å². The number of nitrogens with one attached hydrogen (secondary N) is 1. The van der Waals surface area contributed by atoms with Gasteiger partial charge in [-0.25, -0.2) is 9.97 Å². The Kier molecular flexibility index (Phi) is 3.75. The van der Waals surface area contributed by atoms with E-state index < -0.39 is 4.92 Å². The number of anilines is 1. The van der Waals surface area contributed by atoms with Gasteiger partial charge in [0.15, 0.2) is 0 Å². The first kappa shape index (κ1) is 11.9. The summed E-state index contributed by atoms with van der Waals surface area (Å²) in [5.41, 5.74) is 0.986. The molecule has 7 nitrogen and oxygen atoms in total. The van der Waals surface area contributed by atoms with Gasteiger partial charge in [0, 0.05) is 18.9 Å². The number of hydrogen-bond donors (Lipinski definition) is 1. The molecule has 0 spiro atoms. The summed E-state index contributed by atoms with van der Waals surface area (Å²) in [6.07, 6.45) is 6.65. The molecular formula is C11H11N5O2. The lowest BCUT2D eigenvalue weighted by atomic mass is 10.2. The minimum Gasteiger partial charge on any atom is -0.354 e. The molecule has 0 aliphatic rings. The molecule has 0 radical (unpaired) electrons. The summed E-state index contributed by atoms with van der Waals surface area (Å²) >= 11 is 0. The van der Waals surface area contributed by atoms with Crippen LogP contribution in [0.3, 0.4) is 0 Å². The van der Waals surface area contributed by atoms with Crippen LogP contribution in [0.5, 0.6) is 0 Å². The monoisotopic (exact) mass is 245 g/mol. The normalized spacial score (nSPS) is 10.0. The lowest BCUT2D eigenvalue weighted by Crippen LogP contribution is -2.08. The summed E-state index contributed by atoms with van der Waals surface area (Å²) in [6, 6.07) is 3.85. The first-order chi connectivity index (χ1) is 8.75. The first-order valence-electron chi connectivity index (χ1n) is 5.35. The zero-order chi connectivity index (χ0) is 12.8. The molecular weight excluding hydrogens is 234 g/mol. The Morgan fingerprint density at radius 2 is 2.06 bits per heavy atom. The highest BCUT2D eigenvalue weighted by atomic mass is 16.6. The molecule has 18 heavy (non-hydrogen) atoms. The predicted octanol–water partition coefficient (Wildman–Crippen LogP) is 1.43. The summed E-state index contributed by atoms with van der Waals surface area (Å²) < 4.78 is 0. The van der Waals surface area contributed by atoms with E-state index in [4.69, 9.17) is 0 Å². The fourth-order valence-corrected chi connectivity index (χ4v) is 1.37. The molecule has 2 aromatic heterocycles. The van der Waals surface area contributed by atoms with Crippen molar-refractivity contribution in [3.05, 3.63) is 52.6 Å². The molecule has 0 fully saturated rings. The van der Waals surface area contributed by atoms with Crippen molar-refractivity contribution >= 4 is 11.6 Å². The van der Waals surface area contributed by atoms with E-state index in [1.54, 1.807) is 12.4 Å². The smallest absolute Gasteiger partial charge is 0.305 e. The van der Waals surface area contributed by atoms with E-state index in [0.29, 0.717) is 12.5 Å². The number of aromatic nitrogens is 3. The molecule has 7 heteroatoms. The van der Waals surface area contributed by atoms with Crippen LogP contribution in [-0.2, 0) is 6.42 Å². The van der Waals surface area contributed by atoms with Crippen molar-refractivity contribution in [2.45, 2.75) is 6.42 Å². The van der Waals surface area contributed by atoms with E-state index in [1.807, 2.05) is 12.1 Å². The van der Waals surface area contributed by atoms with Gasteiger partial charge in [-0.15, -0.1) is 0 Å². The zero-order valence-electron chi connectivity index (χ0n) is 9.48. The standard InChI is InChI=1S/C11H11N5O2/c17-16(18)10-7-14-11(15-8-10)13-5-3-9-2-1-4-12-6-9/h1-2,4,6-8H,3,5H2,(H,13,14,15). The van der Waals surface area contributed by atoms with Crippen LogP contribution >= 0.6 is 0 Å². The van der Waals surface area contributed by atoms with Crippen molar-refractivity contribution in [3.63, 3.8) is 0 Å². The topological polar surface area (TPSA) is 93.8 Å². The quantitative estimate of drug-likeness (QED) is 0.632. The molecule has 2 rings (SSSR count). The maximum Gasteiger partial charge on any atom is 0.305 e. The van der Waals surface area contributed by atoms with E-state index in [2.05, 4.69) is 20.3 Å². The van der Waals surface area contributed by atoms with Crippen LogP contribution in [0.2, 0.25) is 0 Å². The fourth-order valence-electron chi connectivity index (χ4n) is 1.37. The van der Waals surface area contributed by atoms with E-state index in [9.17, 15) is 10.1 Å². The minimum absolute atomic E-state index is 0.118. The Morgan fingerprint density at radius 1 is 1.28 bits per heavy atom. The van der Waals surface area contributed by atoms with Crippen LogP contribution in [0.15, 0.2) is 36.9 Å². The molecule has 2 aromatic rings. The third kappa shape index (κ3) is 3.21. The Bertz CT molecular complexity index is 515. The highest BCUT2D eigenvalue weighted by Gasteiger charge is 2.05. The zero-order valence-corrected chi connectivity index (χ0v) is 9.48. The number of hydrogen-bond acceptors (Lipinski definition) is 6. The highest BCUT2D eigenvalue weighted by molar-refractivity contribution is 5.30. The van der Waals surface area contributed by atoms with Gasteiger partial charge < -0.3 is 5.32 Å². The average molecular weight is 245 g/mol. The third-order valence-corrected chi connectivity index (χ3v) is 2.27. The van der Waals surface area contributed by atoms with Crippen molar-refractivity contribution in [1.82, 2.24) is 15.0 Å².